The van der Waals surface area contributed by atoms with Crippen LogP contribution in [0.4, 0.5) is 10.7 Å². The fourth-order valence-electron chi connectivity index (χ4n) is 2.74. The second kappa shape index (κ2) is 7.37. The molecule has 0 radical (unpaired) electrons. The fraction of sp³-hybridized carbons (Fsp3) is 0.500. The zero-order valence-electron chi connectivity index (χ0n) is 14.7. The van der Waals surface area contributed by atoms with Gasteiger partial charge in [-0.05, 0) is 13.8 Å². The number of urea groups is 1. The number of aryl methyl sites for hydroxylation is 2. The van der Waals surface area contributed by atoms with Gasteiger partial charge in [0.05, 0.1) is 12.8 Å². The molecule has 2 aromatic heterocycles. The van der Waals surface area contributed by atoms with Gasteiger partial charge >= 0.3 is 6.03 Å². The monoisotopic (exact) mass is 346 g/mol. The van der Waals surface area contributed by atoms with Crippen molar-refractivity contribution >= 4 is 12.0 Å². The van der Waals surface area contributed by atoms with Gasteiger partial charge in [0.1, 0.15) is 5.76 Å². The van der Waals surface area contributed by atoms with Crippen molar-refractivity contribution in [3.8, 4) is 5.88 Å². The van der Waals surface area contributed by atoms with Gasteiger partial charge in [0.15, 0.2) is 0 Å². The van der Waals surface area contributed by atoms with Gasteiger partial charge in [-0.3, -0.25) is 0 Å². The van der Waals surface area contributed by atoms with Crippen LogP contribution in [0.25, 0.3) is 0 Å². The lowest BCUT2D eigenvalue weighted by molar-refractivity contribution is 0.193. The smallest absolute Gasteiger partial charge is 0.317 e. The first-order valence-corrected chi connectivity index (χ1v) is 8.15. The molecule has 0 bridgehead atoms. The third-order valence-corrected chi connectivity index (χ3v) is 4.27. The van der Waals surface area contributed by atoms with Gasteiger partial charge in [0.25, 0.3) is 0 Å². The van der Waals surface area contributed by atoms with E-state index in [0.717, 1.165) is 17.0 Å². The highest BCUT2D eigenvalue weighted by molar-refractivity contribution is 5.74. The third-order valence-electron chi connectivity index (χ3n) is 4.27. The van der Waals surface area contributed by atoms with Crippen LogP contribution in [0, 0.1) is 13.8 Å². The van der Waals surface area contributed by atoms with E-state index in [1.807, 2.05) is 18.7 Å². The zero-order valence-corrected chi connectivity index (χ0v) is 14.7. The molecule has 0 unspecified atom stereocenters. The molecule has 1 saturated heterocycles. The molecule has 1 aliphatic rings. The van der Waals surface area contributed by atoms with E-state index in [-0.39, 0.29) is 6.03 Å². The number of anilines is 1. The summed E-state index contributed by atoms with van der Waals surface area (Å²) in [5, 5.41) is 6.82. The maximum atomic E-state index is 12.4. The van der Waals surface area contributed by atoms with Crippen molar-refractivity contribution in [2.24, 2.45) is 0 Å². The number of methoxy groups -OCH3 is 1. The van der Waals surface area contributed by atoms with Gasteiger partial charge < -0.3 is 24.4 Å². The van der Waals surface area contributed by atoms with Crippen molar-refractivity contribution in [3.63, 3.8) is 0 Å². The number of nitrogens with one attached hydrogen (secondary N) is 1. The second-order valence-electron chi connectivity index (χ2n) is 5.83. The summed E-state index contributed by atoms with van der Waals surface area (Å²) >= 11 is 0. The average Bonchev–Trinajstić information content (AvgIpc) is 2.97. The minimum Gasteiger partial charge on any atom is -0.481 e. The Morgan fingerprint density at radius 2 is 2.08 bits per heavy atom. The summed E-state index contributed by atoms with van der Waals surface area (Å²) in [4.78, 5) is 24.8. The molecule has 0 saturated carbocycles. The normalized spacial score (nSPS) is 14.5. The molecular weight excluding hydrogens is 324 g/mol. The Labute approximate surface area is 146 Å². The first kappa shape index (κ1) is 17.0. The number of hydrogen-bond acceptors (Lipinski definition) is 7. The highest BCUT2D eigenvalue weighted by Crippen LogP contribution is 2.15. The summed E-state index contributed by atoms with van der Waals surface area (Å²) in [7, 11) is 1.58. The quantitative estimate of drug-likeness (QED) is 0.886. The van der Waals surface area contributed by atoms with Crippen molar-refractivity contribution in [1.29, 1.82) is 0 Å². The summed E-state index contributed by atoms with van der Waals surface area (Å²) < 4.78 is 10.2. The molecule has 0 aliphatic carbocycles. The van der Waals surface area contributed by atoms with E-state index in [2.05, 4.69) is 20.4 Å². The molecule has 3 heterocycles. The molecule has 9 nitrogen and oxygen atoms in total. The van der Waals surface area contributed by atoms with Gasteiger partial charge in [0, 0.05) is 50.6 Å². The molecule has 0 spiro atoms. The van der Waals surface area contributed by atoms with Gasteiger partial charge in [-0.2, -0.15) is 4.98 Å². The molecule has 0 aromatic carbocycles. The van der Waals surface area contributed by atoms with Crippen LogP contribution in [-0.2, 0) is 6.54 Å². The molecule has 1 fully saturated rings. The number of hydrogen-bond donors (Lipinski definition) is 1. The van der Waals surface area contributed by atoms with Crippen molar-refractivity contribution in [2.45, 2.75) is 20.4 Å². The number of nitrogens with zero attached hydrogens (tertiary/aromatic N) is 5. The van der Waals surface area contributed by atoms with E-state index in [4.69, 9.17) is 9.26 Å². The topological polar surface area (TPSA) is 96.6 Å². The lowest BCUT2D eigenvalue weighted by atomic mass is 10.2. The van der Waals surface area contributed by atoms with E-state index in [9.17, 15) is 4.79 Å². The summed E-state index contributed by atoms with van der Waals surface area (Å²) in [6.45, 7) is 6.68. The molecule has 25 heavy (non-hydrogen) atoms. The highest BCUT2D eigenvalue weighted by atomic mass is 16.5. The van der Waals surface area contributed by atoms with E-state index < -0.39 is 0 Å². The average molecular weight is 346 g/mol. The third kappa shape index (κ3) is 3.81. The number of ether oxygens (including phenoxy) is 1. The van der Waals surface area contributed by atoms with Crippen LogP contribution < -0.4 is 15.0 Å². The Morgan fingerprint density at radius 1 is 1.32 bits per heavy atom. The molecule has 1 N–H and O–H groups in total. The fourth-order valence-corrected chi connectivity index (χ4v) is 2.74. The molecule has 9 heteroatoms. The Balaban J connectivity index is 1.52. The summed E-state index contributed by atoms with van der Waals surface area (Å²) in [5.74, 6) is 1.89. The SMILES string of the molecule is COc1ccnc(N2CCN(C(=O)NCc3c(C)noc3C)CC2)n1. The summed E-state index contributed by atoms with van der Waals surface area (Å²) in [5.41, 5.74) is 1.73. The van der Waals surface area contributed by atoms with Crippen LogP contribution in [0.5, 0.6) is 5.88 Å². The Hall–Kier alpha value is -2.84. The molecule has 2 amide bonds. The molecule has 134 valence electrons. The Bertz CT molecular complexity index is 720. The number of rotatable bonds is 4. The summed E-state index contributed by atoms with van der Waals surface area (Å²) in [6.07, 6.45) is 1.67. The maximum Gasteiger partial charge on any atom is 0.317 e. The number of aromatic nitrogens is 3. The first-order chi connectivity index (χ1) is 12.1. The summed E-state index contributed by atoms with van der Waals surface area (Å²) in [6, 6.07) is 1.62. The van der Waals surface area contributed by atoms with Gasteiger partial charge in [-0.15, -0.1) is 0 Å². The first-order valence-electron chi connectivity index (χ1n) is 8.15. The zero-order chi connectivity index (χ0) is 17.8. The van der Waals surface area contributed by atoms with Crippen molar-refractivity contribution in [2.75, 3.05) is 38.2 Å². The van der Waals surface area contributed by atoms with E-state index >= 15 is 0 Å². The van der Waals surface area contributed by atoms with Crippen LogP contribution in [0.2, 0.25) is 0 Å². The van der Waals surface area contributed by atoms with Crippen molar-refractivity contribution in [3.05, 3.63) is 29.3 Å². The minimum absolute atomic E-state index is 0.0915. The lowest BCUT2D eigenvalue weighted by Gasteiger charge is -2.34. The minimum atomic E-state index is -0.0915. The predicted octanol–water partition coefficient (Wildman–Crippen LogP) is 1.12. The molecule has 1 aliphatic heterocycles. The highest BCUT2D eigenvalue weighted by Gasteiger charge is 2.23. The number of piperazine rings is 1. The standard InChI is InChI=1S/C16H22N6O3/c1-11-13(12(2)25-20-11)10-18-16(23)22-8-6-21(7-9-22)15-17-5-4-14(19-15)24-3/h4-5H,6-10H2,1-3H3,(H,18,23). The van der Waals surface area contributed by atoms with Gasteiger partial charge in [0.2, 0.25) is 11.8 Å². The Kier molecular flexibility index (Phi) is 5.01. The predicted molar refractivity (Wildman–Crippen MR) is 90.6 cm³/mol. The van der Waals surface area contributed by atoms with Crippen molar-refractivity contribution in [1.82, 2.24) is 25.3 Å². The van der Waals surface area contributed by atoms with E-state index in [1.165, 1.54) is 0 Å². The maximum absolute atomic E-state index is 12.4. The molecule has 2 aromatic rings. The van der Waals surface area contributed by atoms with Crippen LogP contribution in [-0.4, -0.2) is 59.3 Å². The van der Waals surface area contributed by atoms with Crippen LogP contribution in [0.15, 0.2) is 16.8 Å². The lowest BCUT2D eigenvalue weighted by Crippen LogP contribution is -2.52. The van der Waals surface area contributed by atoms with E-state index in [0.29, 0.717) is 44.6 Å². The molecular formula is C16H22N6O3. The number of carbonyl (C=O) groups excluding carboxylic acids is 1. The van der Waals surface area contributed by atoms with Crippen LogP contribution in [0.3, 0.4) is 0 Å². The molecule has 0 atom stereocenters. The molecule has 3 rings (SSSR count). The number of amides is 2. The number of carbonyl (C=O) groups is 1. The van der Waals surface area contributed by atoms with Crippen LogP contribution >= 0.6 is 0 Å². The second-order valence-corrected chi connectivity index (χ2v) is 5.83. The van der Waals surface area contributed by atoms with Crippen LogP contribution in [0.1, 0.15) is 17.0 Å². The van der Waals surface area contributed by atoms with Gasteiger partial charge in [-0.25, -0.2) is 9.78 Å². The van der Waals surface area contributed by atoms with E-state index in [1.54, 1.807) is 24.3 Å². The van der Waals surface area contributed by atoms with Crippen molar-refractivity contribution < 1.29 is 14.1 Å². The van der Waals surface area contributed by atoms with Gasteiger partial charge in [-0.1, -0.05) is 5.16 Å². The largest absolute Gasteiger partial charge is 0.481 e. The Morgan fingerprint density at radius 3 is 2.72 bits per heavy atom.